The van der Waals surface area contributed by atoms with E-state index in [0.29, 0.717) is 19.1 Å². The van der Waals surface area contributed by atoms with Crippen molar-refractivity contribution in [2.24, 2.45) is 0 Å². The van der Waals surface area contributed by atoms with Crippen LogP contribution in [0.3, 0.4) is 0 Å². The van der Waals surface area contributed by atoms with E-state index in [2.05, 4.69) is 46.0 Å². The standard InChI is InChI=1S/C16H27NO2/c1-12(2)14-8-6-7-9-15(14)19-11-13(18)10-17-16(3,4)5/h6-9,12-13,17-18H,10-11H2,1-5H3. The molecule has 0 amide bonds. The summed E-state index contributed by atoms with van der Waals surface area (Å²) in [7, 11) is 0. The molecule has 3 nitrogen and oxygen atoms in total. The maximum Gasteiger partial charge on any atom is 0.122 e. The van der Waals surface area contributed by atoms with Gasteiger partial charge in [0.15, 0.2) is 0 Å². The number of hydrogen-bond acceptors (Lipinski definition) is 3. The molecule has 2 N–H and O–H groups in total. The summed E-state index contributed by atoms with van der Waals surface area (Å²) < 4.78 is 5.74. The highest BCUT2D eigenvalue weighted by atomic mass is 16.5. The van der Waals surface area contributed by atoms with Crippen LogP contribution in [0.15, 0.2) is 24.3 Å². The molecular weight excluding hydrogens is 238 g/mol. The Kier molecular flexibility index (Phi) is 5.83. The van der Waals surface area contributed by atoms with Crippen molar-refractivity contribution < 1.29 is 9.84 Å². The molecule has 0 radical (unpaired) electrons. The smallest absolute Gasteiger partial charge is 0.122 e. The largest absolute Gasteiger partial charge is 0.491 e. The first-order valence-corrected chi connectivity index (χ1v) is 6.94. The van der Waals surface area contributed by atoms with Crippen LogP contribution in [-0.2, 0) is 0 Å². The van der Waals surface area contributed by atoms with Crippen molar-refractivity contribution in [1.29, 1.82) is 0 Å². The molecule has 0 spiro atoms. The third-order valence-electron chi connectivity index (χ3n) is 2.84. The lowest BCUT2D eigenvalue weighted by Crippen LogP contribution is -2.42. The Morgan fingerprint density at radius 3 is 2.42 bits per heavy atom. The molecule has 1 aromatic carbocycles. The van der Waals surface area contributed by atoms with Crippen LogP contribution in [0.4, 0.5) is 0 Å². The zero-order valence-electron chi connectivity index (χ0n) is 12.7. The highest BCUT2D eigenvalue weighted by Gasteiger charge is 2.13. The Labute approximate surface area is 117 Å². The Hall–Kier alpha value is -1.06. The molecule has 0 aromatic heterocycles. The van der Waals surface area contributed by atoms with Gasteiger partial charge in [-0.15, -0.1) is 0 Å². The van der Waals surface area contributed by atoms with E-state index in [4.69, 9.17) is 4.74 Å². The van der Waals surface area contributed by atoms with Gasteiger partial charge in [-0.2, -0.15) is 0 Å². The van der Waals surface area contributed by atoms with Crippen LogP contribution in [0.2, 0.25) is 0 Å². The fourth-order valence-electron chi connectivity index (χ4n) is 1.76. The van der Waals surface area contributed by atoms with E-state index >= 15 is 0 Å². The summed E-state index contributed by atoms with van der Waals surface area (Å²) in [4.78, 5) is 0. The molecule has 108 valence electrons. The normalized spacial score (nSPS) is 13.6. The van der Waals surface area contributed by atoms with Gasteiger partial charge < -0.3 is 15.2 Å². The number of aliphatic hydroxyl groups excluding tert-OH is 1. The van der Waals surface area contributed by atoms with E-state index in [0.717, 1.165) is 5.75 Å². The molecule has 1 unspecified atom stereocenters. The van der Waals surface area contributed by atoms with Crippen LogP contribution >= 0.6 is 0 Å². The van der Waals surface area contributed by atoms with Crippen molar-refractivity contribution in [3.8, 4) is 5.75 Å². The van der Waals surface area contributed by atoms with Crippen molar-refractivity contribution in [3.05, 3.63) is 29.8 Å². The lowest BCUT2D eigenvalue weighted by molar-refractivity contribution is 0.0994. The second-order valence-corrected chi connectivity index (χ2v) is 6.29. The van der Waals surface area contributed by atoms with E-state index in [-0.39, 0.29) is 5.54 Å². The second kappa shape index (κ2) is 6.92. The first-order chi connectivity index (χ1) is 8.79. The number of para-hydroxylation sites is 1. The van der Waals surface area contributed by atoms with E-state index in [9.17, 15) is 5.11 Å². The Morgan fingerprint density at radius 1 is 1.21 bits per heavy atom. The Morgan fingerprint density at radius 2 is 1.84 bits per heavy atom. The van der Waals surface area contributed by atoms with Gasteiger partial charge in [0.1, 0.15) is 18.5 Å². The average molecular weight is 265 g/mol. The molecule has 1 atom stereocenters. The van der Waals surface area contributed by atoms with Crippen molar-refractivity contribution in [2.45, 2.75) is 52.2 Å². The molecule has 3 heteroatoms. The Balaban J connectivity index is 2.48. The molecule has 1 aromatic rings. The lowest BCUT2D eigenvalue weighted by atomic mass is 10.0. The third kappa shape index (κ3) is 6.08. The van der Waals surface area contributed by atoms with Gasteiger partial charge in [0.2, 0.25) is 0 Å². The SMILES string of the molecule is CC(C)c1ccccc1OCC(O)CNC(C)(C)C. The maximum atomic E-state index is 9.92. The fourth-order valence-corrected chi connectivity index (χ4v) is 1.76. The first kappa shape index (κ1) is 16.0. The highest BCUT2D eigenvalue weighted by Crippen LogP contribution is 2.25. The quantitative estimate of drug-likeness (QED) is 0.831. The van der Waals surface area contributed by atoms with Crippen LogP contribution in [0.25, 0.3) is 0 Å². The summed E-state index contributed by atoms with van der Waals surface area (Å²) in [5.74, 6) is 1.29. The zero-order valence-corrected chi connectivity index (χ0v) is 12.7. The maximum absolute atomic E-state index is 9.92. The topological polar surface area (TPSA) is 41.5 Å². The van der Waals surface area contributed by atoms with Crippen LogP contribution in [0, 0.1) is 0 Å². The first-order valence-electron chi connectivity index (χ1n) is 6.94. The van der Waals surface area contributed by atoms with E-state index in [1.54, 1.807) is 0 Å². The van der Waals surface area contributed by atoms with Gasteiger partial charge in [0, 0.05) is 12.1 Å². The predicted molar refractivity (Wildman–Crippen MR) is 79.8 cm³/mol. The zero-order chi connectivity index (χ0) is 14.5. The van der Waals surface area contributed by atoms with Crippen molar-refractivity contribution >= 4 is 0 Å². The van der Waals surface area contributed by atoms with Crippen LogP contribution in [0.1, 0.15) is 46.1 Å². The van der Waals surface area contributed by atoms with Crippen LogP contribution < -0.4 is 10.1 Å². The number of benzene rings is 1. The molecule has 19 heavy (non-hydrogen) atoms. The Bertz CT molecular complexity index is 383. The predicted octanol–water partition coefficient (Wildman–Crippen LogP) is 2.94. The molecule has 0 heterocycles. The van der Waals surface area contributed by atoms with Crippen molar-refractivity contribution in [2.75, 3.05) is 13.2 Å². The number of nitrogens with one attached hydrogen (secondary N) is 1. The molecule has 0 saturated heterocycles. The monoisotopic (exact) mass is 265 g/mol. The van der Waals surface area contributed by atoms with Gasteiger partial charge in [0.25, 0.3) is 0 Å². The third-order valence-corrected chi connectivity index (χ3v) is 2.84. The molecule has 1 rings (SSSR count). The van der Waals surface area contributed by atoms with Crippen LogP contribution in [-0.4, -0.2) is 29.9 Å². The number of aliphatic hydroxyl groups is 1. The van der Waals surface area contributed by atoms with Gasteiger partial charge in [-0.25, -0.2) is 0 Å². The number of ether oxygens (including phenoxy) is 1. The van der Waals surface area contributed by atoms with Crippen LogP contribution in [0.5, 0.6) is 5.75 Å². The van der Waals surface area contributed by atoms with E-state index in [1.165, 1.54) is 5.56 Å². The molecule has 0 aliphatic heterocycles. The lowest BCUT2D eigenvalue weighted by Gasteiger charge is -2.23. The van der Waals surface area contributed by atoms with Crippen molar-refractivity contribution in [1.82, 2.24) is 5.32 Å². The summed E-state index contributed by atoms with van der Waals surface area (Å²) in [6.45, 7) is 11.4. The summed E-state index contributed by atoms with van der Waals surface area (Å²) in [5.41, 5.74) is 1.19. The van der Waals surface area contributed by atoms with Crippen molar-refractivity contribution in [3.63, 3.8) is 0 Å². The van der Waals surface area contributed by atoms with Gasteiger partial charge in [-0.1, -0.05) is 32.0 Å². The molecule has 0 aliphatic rings. The minimum atomic E-state index is -0.501. The van der Waals surface area contributed by atoms with Gasteiger partial charge >= 0.3 is 0 Å². The summed E-state index contributed by atoms with van der Waals surface area (Å²) in [6.07, 6.45) is -0.501. The molecular formula is C16H27NO2. The highest BCUT2D eigenvalue weighted by molar-refractivity contribution is 5.35. The second-order valence-electron chi connectivity index (χ2n) is 6.29. The molecule has 0 fully saturated rings. The van der Waals surface area contributed by atoms with Gasteiger partial charge in [0.05, 0.1) is 0 Å². The minimum Gasteiger partial charge on any atom is -0.491 e. The number of β-amino-alcohol motifs (C(OH)–C–C–N with tert-alkyl or cyclic N) is 1. The summed E-state index contributed by atoms with van der Waals surface area (Å²) >= 11 is 0. The average Bonchev–Trinajstić information content (AvgIpc) is 2.33. The minimum absolute atomic E-state index is 0.0107. The molecule has 0 saturated carbocycles. The summed E-state index contributed by atoms with van der Waals surface area (Å²) in [6, 6.07) is 8.00. The number of rotatable bonds is 6. The van der Waals surface area contributed by atoms with Gasteiger partial charge in [-0.3, -0.25) is 0 Å². The van der Waals surface area contributed by atoms with E-state index in [1.807, 2.05) is 18.2 Å². The fraction of sp³-hybridized carbons (Fsp3) is 0.625. The number of hydrogen-bond donors (Lipinski definition) is 2. The van der Waals surface area contributed by atoms with E-state index < -0.39 is 6.10 Å². The molecule has 0 aliphatic carbocycles. The summed E-state index contributed by atoms with van der Waals surface area (Å²) in [5, 5.41) is 13.2. The van der Waals surface area contributed by atoms with Gasteiger partial charge in [-0.05, 0) is 38.3 Å². The molecule has 0 bridgehead atoms.